The topological polar surface area (TPSA) is 78.4 Å². The summed E-state index contributed by atoms with van der Waals surface area (Å²) in [6, 6.07) is 0.136. The molecule has 0 aliphatic rings. The van der Waals surface area contributed by atoms with Crippen LogP contribution < -0.4 is 5.32 Å². The summed E-state index contributed by atoms with van der Waals surface area (Å²) in [6.07, 6.45) is 2.23. The Morgan fingerprint density at radius 2 is 1.95 bits per heavy atom. The zero-order chi connectivity index (χ0) is 16.0. The van der Waals surface area contributed by atoms with Crippen LogP contribution in [0.5, 0.6) is 0 Å². The summed E-state index contributed by atoms with van der Waals surface area (Å²) in [5.74, 6) is -0.568. The SMILES string of the molecule is CCc1nnc(NC(C)CCN(C)C)c(C(=O)O)c1CC. The van der Waals surface area contributed by atoms with Crippen LogP contribution in [0.2, 0.25) is 0 Å². The average molecular weight is 294 g/mol. The van der Waals surface area contributed by atoms with Gasteiger partial charge in [0.2, 0.25) is 0 Å². The van der Waals surface area contributed by atoms with Crippen LogP contribution in [0.15, 0.2) is 0 Å². The molecule has 1 heterocycles. The number of carboxylic acid groups (broad SMARTS) is 1. The number of carbonyl (C=O) groups is 1. The number of nitrogens with one attached hydrogen (secondary N) is 1. The molecular formula is C15H26N4O2. The van der Waals surface area contributed by atoms with Crippen molar-refractivity contribution >= 4 is 11.8 Å². The van der Waals surface area contributed by atoms with Crippen molar-refractivity contribution in [3.63, 3.8) is 0 Å². The predicted octanol–water partition coefficient (Wildman–Crippen LogP) is 2.05. The minimum absolute atomic E-state index is 0.136. The van der Waals surface area contributed by atoms with Gasteiger partial charge in [0, 0.05) is 6.04 Å². The molecule has 6 nitrogen and oxygen atoms in total. The third-order valence-electron chi connectivity index (χ3n) is 3.45. The van der Waals surface area contributed by atoms with Gasteiger partial charge in [0.1, 0.15) is 5.56 Å². The van der Waals surface area contributed by atoms with Gasteiger partial charge in [-0.3, -0.25) is 0 Å². The van der Waals surface area contributed by atoms with Crippen molar-refractivity contribution in [3.8, 4) is 0 Å². The molecule has 0 saturated carbocycles. The van der Waals surface area contributed by atoms with Crippen molar-refractivity contribution in [2.24, 2.45) is 0 Å². The number of hydrogen-bond acceptors (Lipinski definition) is 5. The second kappa shape index (κ2) is 7.93. The van der Waals surface area contributed by atoms with Crippen LogP contribution in [0.3, 0.4) is 0 Å². The number of aryl methyl sites for hydroxylation is 1. The van der Waals surface area contributed by atoms with Crippen LogP contribution in [0.25, 0.3) is 0 Å². The fourth-order valence-corrected chi connectivity index (χ4v) is 2.26. The zero-order valence-corrected chi connectivity index (χ0v) is 13.6. The Hall–Kier alpha value is -1.69. The first-order chi connectivity index (χ1) is 9.90. The number of anilines is 1. The van der Waals surface area contributed by atoms with E-state index in [4.69, 9.17) is 0 Å². The van der Waals surface area contributed by atoms with E-state index in [-0.39, 0.29) is 11.6 Å². The second-order valence-electron chi connectivity index (χ2n) is 5.50. The normalized spacial score (nSPS) is 12.5. The molecule has 0 bridgehead atoms. The van der Waals surface area contributed by atoms with Crippen molar-refractivity contribution in [2.45, 2.75) is 46.1 Å². The highest BCUT2D eigenvalue weighted by molar-refractivity contribution is 5.95. The molecule has 1 aromatic rings. The van der Waals surface area contributed by atoms with E-state index in [1.54, 1.807) is 0 Å². The molecule has 0 radical (unpaired) electrons. The number of aromatic nitrogens is 2. The third kappa shape index (κ3) is 4.67. The summed E-state index contributed by atoms with van der Waals surface area (Å²) >= 11 is 0. The molecule has 1 unspecified atom stereocenters. The Morgan fingerprint density at radius 3 is 2.43 bits per heavy atom. The molecule has 1 rings (SSSR count). The van der Waals surface area contributed by atoms with Crippen molar-refractivity contribution in [2.75, 3.05) is 26.0 Å². The number of nitrogens with zero attached hydrogens (tertiary/aromatic N) is 3. The van der Waals surface area contributed by atoms with Crippen LogP contribution in [-0.2, 0) is 12.8 Å². The summed E-state index contributed by atoms with van der Waals surface area (Å²) < 4.78 is 0. The van der Waals surface area contributed by atoms with Crippen molar-refractivity contribution in [1.82, 2.24) is 15.1 Å². The van der Waals surface area contributed by atoms with Gasteiger partial charge in [-0.2, -0.15) is 5.10 Å². The van der Waals surface area contributed by atoms with Gasteiger partial charge in [-0.15, -0.1) is 5.10 Å². The molecule has 0 spiro atoms. The van der Waals surface area contributed by atoms with Crippen LogP contribution in [0.1, 0.15) is 48.8 Å². The molecule has 0 aliphatic heterocycles. The van der Waals surface area contributed by atoms with Gasteiger partial charge in [0.25, 0.3) is 0 Å². The minimum Gasteiger partial charge on any atom is -0.478 e. The molecule has 6 heteroatoms. The molecule has 118 valence electrons. The monoisotopic (exact) mass is 294 g/mol. The summed E-state index contributed by atoms with van der Waals surface area (Å²) in [6.45, 7) is 6.86. The first-order valence-corrected chi connectivity index (χ1v) is 7.43. The first-order valence-electron chi connectivity index (χ1n) is 7.43. The second-order valence-corrected chi connectivity index (χ2v) is 5.50. The van der Waals surface area contributed by atoms with E-state index in [1.807, 2.05) is 34.9 Å². The average Bonchev–Trinajstić information content (AvgIpc) is 2.44. The lowest BCUT2D eigenvalue weighted by molar-refractivity contribution is 0.0696. The molecule has 0 saturated heterocycles. The fraction of sp³-hybridized carbons (Fsp3) is 0.667. The molecule has 0 fully saturated rings. The van der Waals surface area contributed by atoms with E-state index in [0.29, 0.717) is 18.7 Å². The highest BCUT2D eigenvalue weighted by Gasteiger charge is 2.21. The molecular weight excluding hydrogens is 268 g/mol. The molecule has 1 aromatic heterocycles. The lowest BCUT2D eigenvalue weighted by Crippen LogP contribution is -2.25. The molecule has 21 heavy (non-hydrogen) atoms. The maximum Gasteiger partial charge on any atom is 0.339 e. The summed E-state index contributed by atoms with van der Waals surface area (Å²) in [4.78, 5) is 13.7. The van der Waals surface area contributed by atoms with E-state index in [1.165, 1.54) is 0 Å². The predicted molar refractivity (Wildman–Crippen MR) is 84.0 cm³/mol. The molecule has 1 atom stereocenters. The Morgan fingerprint density at radius 1 is 1.29 bits per heavy atom. The Kier molecular flexibility index (Phi) is 6.55. The van der Waals surface area contributed by atoms with Crippen LogP contribution in [-0.4, -0.2) is 52.9 Å². The molecule has 2 N–H and O–H groups in total. The summed E-state index contributed by atoms with van der Waals surface area (Å²) in [5, 5.41) is 21.0. The maximum atomic E-state index is 11.6. The molecule has 0 amide bonds. The molecule has 0 aliphatic carbocycles. The fourth-order valence-electron chi connectivity index (χ4n) is 2.26. The highest BCUT2D eigenvalue weighted by Crippen LogP contribution is 2.22. The lowest BCUT2D eigenvalue weighted by Gasteiger charge is -2.19. The van der Waals surface area contributed by atoms with Crippen molar-refractivity contribution < 1.29 is 9.90 Å². The minimum atomic E-state index is -0.946. The number of rotatable bonds is 8. The van der Waals surface area contributed by atoms with Gasteiger partial charge >= 0.3 is 5.97 Å². The van der Waals surface area contributed by atoms with Gasteiger partial charge in [0.05, 0.1) is 5.69 Å². The third-order valence-corrected chi connectivity index (χ3v) is 3.45. The number of hydrogen-bond donors (Lipinski definition) is 2. The number of aromatic carboxylic acids is 1. The standard InChI is InChI=1S/C15H26N4O2/c1-6-11-12(7-2)17-18-14(13(11)15(20)21)16-10(3)8-9-19(4)5/h10H,6-9H2,1-5H3,(H,16,18)(H,20,21). The largest absolute Gasteiger partial charge is 0.478 e. The van der Waals surface area contributed by atoms with E-state index in [9.17, 15) is 9.90 Å². The van der Waals surface area contributed by atoms with Crippen molar-refractivity contribution in [3.05, 3.63) is 16.8 Å². The molecule has 0 aromatic carbocycles. The zero-order valence-electron chi connectivity index (χ0n) is 13.6. The smallest absolute Gasteiger partial charge is 0.339 e. The van der Waals surface area contributed by atoms with Gasteiger partial charge in [-0.1, -0.05) is 13.8 Å². The van der Waals surface area contributed by atoms with Crippen LogP contribution >= 0.6 is 0 Å². The first kappa shape index (κ1) is 17.4. The maximum absolute atomic E-state index is 11.6. The van der Waals surface area contributed by atoms with Crippen molar-refractivity contribution in [1.29, 1.82) is 0 Å². The van der Waals surface area contributed by atoms with Crippen LogP contribution in [0.4, 0.5) is 5.82 Å². The Bertz CT molecular complexity index is 489. The van der Waals surface area contributed by atoms with Crippen LogP contribution in [0, 0.1) is 0 Å². The van der Waals surface area contributed by atoms with E-state index in [2.05, 4.69) is 20.4 Å². The quantitative estimate of drug-likeness (QED) is 0.764. The number of carboxylic acids is 1. The Balaban J connectivity index is 3.04. The summed E-state index contributed by atoms with van der Waals surface area (Å²) in [5.41, 5.74) is 1.81. The van der Waals surface area contributed by atoms with Gasteiger partial charge in [0.15, 0.2) is 5.82 Å². The van der Waals surface area contributed by atoms with Gasteiger partial charge in [-0.05, 0) is 52.4 Å². The lowest BCUT2D eigenvalue weighted by atomic mass is 10.0. The van der Waals surface area contributed by atoms with E-state index >= 15 is 0 Å². The highest BCUT2D eigenvalue weighted by atomic mass is 16.4. The van der Waals surface area contributed by atoms with E-state index < -0.39 is 5.97 Å². The van der Waals surface area contributed by atoms with E-state index in [0.717, 1.165) is 24.2 Å². The Labute approximate surface area is 126 Å². The van der Waals surface area contributed by atoms with Gasteiger partial charge in [-0.25, -0.2) is 4.79 Å². The van der Waals surface area contributed by atoms with Gasteiger partial charge < -0.3 is 15.3 Å². The summed E-state index contributed by atoms with van der Waals surface area (Å²) in [7, 11) is 4.03.